The molecule has 82 valence electrons. The predicted octanol–water partition coefficient (Wildman–Crippen LogP) is 2.86. The molecule has 14 heavy (non-hydrogen) atoms. The highest BCUT2D eigenvalue weighted by Crippen LogP contribution is 2.38. The van der Waals surface area contributed by atoms with Crippen molar-refractivity contribution in [3.8, 4) is 0 Å². The molecule has 1 N–H and O–H groups in total. The molecule has 0 aromatic heterocycles. The highest BCUT2D eigenvalue weighted by Gasteiger charge is 2.32. The summed E-state index contributed by atoms with van der Waals surface area (Å²) >= 11 is 3.57. The summed E-state index contributed by atoms with van der Waals surface area (Å²) < 4.78 is 0. The van der Waals surface area contributed by atoms with Crippen molar-refractivity contribution in [3.63, 3.8) is 0 Å². The molecule has 0 spiro atoms. The van der Waals surface area contributed by atoms with E-state index in [1.54, 1.807) is 0 Å². The Morgan fingerprint density at radius 3 is 2.57 bits per heavy atom. The number of rotatable bonds is 5. The van der Waals surface area contributed by atoms with Crippen LogP contribution in [0.4, 0.5) is 0 Å². The van der Waals surface area contributed by atoms with Crippen LogP contribution in [0.5, 0.6) is 0 Å². The topological polar surface area (TPSA) is 29.1 Å². The van der Waals surface area contributed by atoms with E-state index in [0.29, 0.717) is 11.8 Å². The summed E-state index contributed by atoms with van der Waals surface area (Å²) in [6, 6.07) is 0. The summed E-state index contributed by atoms with van der Waals surface area (Å²) in [4.78, 5) is 11.3. The molecule has 1 amide bonds. The van der Waals surface area contributed by atoms with Gasteiger partial charge in [-0.05, 0) is 24.7 Å². The van der Waals surface area contributed by atoms with Crippen molar-refractivity contribution < 1.29 is 4.79 Å². The third-order valence-electron chi connectivity index (χ3n) is 3.09. The lowest BCUT2D eigenvalue weighted by atomic mass is 9.89. The Hall–Kier alpha value is -0.0500. The molecular weight excluding hydrogens is 242 g/mol. The van der Waals surface area contributed by atoms with Crippen LogP contribution in [0.25, 0.3) is 0 Å². The average Bonchev–Trinajstić information content (AvgIpc) is 2.65. The molecule has 3 heteroatoms. The van der Waals surface area contributed by atoms with Gasteiger partial charge in [-0.25, -0.2) is 0 Å². The average molecular weight is 262 g/mol. The van der Waals surface area contributed by atoms with Crippen LogP contribution in [0.15, 0.2) is 0 Å². The minimum Gasteiger partial charge on any atom is -0.356 e. The third kappa shape index (κ3) is 3.26. The van der Waals surface area contributed by atoms with Gasteiger partial charge in [0.1, 0.15) is 0 Å². The molecule has 1 rings (SSSR count). The molecule has 1 saturated carbocycles. The second-order valence-corrected chi connectivity index (χ2v) is 4.93. The van der Waals surface area contributed by atoms with Crippen LogP contribution in [-0.2, 0) is 4.79 Å². The Balaban J connectivity index is 2.30. The summed E-state index contributed by atoms with van der Waals surface area (Å²) in [6.07, 6.45) is 6.74. The maximum absolute atomic E-state index is 11.3. The smallest absolute Gasteiger partial charge is 0.220 e. The van der Waals surface area contributed by atoms with Gasteiger partial charge in [0.2, 0.25) is 5.91 Å². The number of carbonyl (C=O) groups excluding carboxylic acids is 1. The van der Waals surface area contributed by atoms with Gasteiger partial charge in [0.05, 0.1) is 0 Å². The lowest BCUT2D eigenvalue weighted by molar-refractivity contribution is -0.121. The molecule has 0 aromatic rings. The molecule has 1 aliphatic rings. The normalized spacial score (nSPS) is 19.6. The molecule has 0 heterocycles. The number of nitrogens with one attached hydrogen (secondary N) is 1. The molecule has 2 nitrogen and oxygen atoms in total. The molecule has 0 saturated heterocycles. The minimum absolute atomic E-state index is 0.208. The van der Waals surface area contributed by atoms with E-state index in [2.05, 4.69) is 21.2 Å². The van der Waals surface area contributed by atoms with Gasteiger partial charge < -0.3 is 5.32 Å². The molecule has 0 aliphatic heterocycles. The van der Waals surface area contributed by atoms with Crippen molar-refractivity contribution >= 4 is 21.8 Å². The predicted molar refractivity (Wildman–Crippen MR) is 62.6 cm³/mol. The fourth-order valence-electron chi connectivity index (χ4n) is 2.08. The number of halogens is 1. The first kappa shape index (κ1) is 12.0. The van der Waals surface area contributed by atoms with E-state index in [1.165, 1.54) is 25.7 Å². The van der Waals surface area contributed by atoms with Crippen molar-refractivity contribution in [2.75, 3.05) is 11.9 Å². The maximum atomic E-state index is 11.3. The fourth-order valence-corrected chi connectivity index (χ4v) is 2.84. The van der Waals surface area contributed by atoms with Crippen LogP contribution in [-0.4, -0.2) is 17.8 Å². The number of alkyl halides is 1. The zero-order valence-corrected chi connectivity index (χ0v) is 10.5. The molecule has 0 radical (unpaired) electrons. The molecule has 1 fully saturated rings. The number of amides is 1. The Morgan fingerprint density at radius 1 is 1.43 bits per heavy atom. The van der Waals surface area contributed by atoms with Crippen molar-refractivity contribution in [1.82, 2.24) is 5.32 Å². The summed E-state index contributed by atoms with van der Waals surface area (Å²) in [5.74, 6) is 0.208. The Bertz CT molecular complexity index is 188. The van der Waals surface area contributed by atoms with Gasteiger partial charge in [-0.2, -0.15) is 0 Å². The first-order chi connectivity index (χ1) is 6.72. The summed E-state index contributed by atoms with van der Waals surface area (Å²) in [5.41, 5.74) is 0.351. The number of hydrogen-bond donors (Lipinski definition) is 1. The maximum Gasteiger partial charge on any atom is 0.220 e. The van der Waals surface area contributed by atoms with Crippen LogP contribution in [0.1, 0.15) is 45.4 Å². The highest BCUT2D eigenvalue weighted by atomic mass is 79.9. The van der Waals surface area contributed by atoms with Crippen molar-refractivity contribution in [2.45, 2.75) is 45.4 Å². The van der Waals surface area contributed by atoms with Gasteiger partial charge in [-0.3, -0.25) is 4.79 Å². The fraction of sp³-hybridized carbons (Fsp3) is 0.909. The van der Waals surface area contributed by atoms with E-state index in [-0.39, 0.29) is 5.91 Å². The van der Waals surface area contributed by atoms with E-state index < -0.39 is 0 Å². The Labute approximate surface area is 95.0 Å². The zero-order chi connectivity index (χ0) is 10.4. The standard InChI is InChI=1S/C11H20BrNO/c1-2-5-10(14)13-9-11(8-12)6-3-4-7-11/h2-9H2,1H3,(H,13,14). The lowest BCUT2D eigenvalue weighted by Crippen LogP contribution is -2.36. The molecule has 0 atom stereocenters. The summed E-state index contributed by atoms with van der Waals surface area (Å²) in [6.45, 7) is 2.90. The zero-order valence-electron chi connectivity index (χ0n) is 8.94. The Morgan fingerprint density at radius 2 is 2.07 bits per heavy atom. The van der Waals surface area contributed by atoms with Crippen LogP contribution in [0.2, 0.25) is 0 Å². The van der Waals surface area contributed by atoms with E-state index in [0.717, 1.165) is 18.3 Å². The molecular formula is C11H20BrNO. The first-order valence-electron chi connectivity index (χ1n) is 5.55. The van der Waals surface area contributed by atoms with Crippen LogP contribution in [0.3, 0.4) is 0 Å². The lowest BCUT2D eigenvalue weighted by Gasteiger charge is -2.26. The van der Waals surface area contributed by atoms with E-state index in [1.807, 2.05) is 6.92 Å². The van der Waals surface area contributed by atoms with Gasteiger partial charge >= 0.3 is 0 Å². The minimum atomic E-state index is 0.208. The third-order valence-corrected chi connectivity index (χ3v) is 4.27. The molecule has 0 aromatic carbocycles. The van der Waals surface area contributed by atoms with E-state index in [9.17, 15) is 4.79 Å². The number of hydrogen-bond acceptors (Lipinski definition) is 1. The molecule has 1 aliphatic carbocycles. The van der Waals surface area contributed by atoms with Crippen LogP contribution < -0.4 is 5.32 Å². The molecule has 0 unspecified atom stereocenters. The monoisotopic (exact) mass is 261 g/mol. The van der Waals surface area contributed by atoms with Crippen LogP contribution >= 0.6 is 15.9 Å². The highest BCUT2D eigenvalue weighted by molar-refractivity contribution is 9.09. The van der Waals surface area contributed by atoms with Gasteiger partial charge in [-0.15, -0.1) is 0 Å². The van der Waals surface area contributed by atoms with Crippen molar-refractivity contribution in [3.05, 3.63) is 0 Å². The van der Waals surface area contributed by atoms with Crippen molar-refractivity contribution in [1.29, 1.82) is 0 Å². The molecule has 0 bridgehead atoms. The van der Waals surface area contributed by atoms with Crippen molar-refractivity contribution in [2.24, 2.45) is 5.41 Å². The van der Waals surface area contributed by atoms with Gasteiger partial charge in [0.15, 0.2) is 0 Å². The second kappa shape index (κ2) is 5.74. The summed E-state index contributed by atoms with van der Waals surface area (Å²) in [5, 5.41) is 4.07. The van der Waals surface area contributed by atoms with E-state index in [4.69, 9.17) is 0 Å². The van der Waals surface area contributed by atoms with Gasteiger partial charge in [0.25, 0.3) is 0 Å². The largest absolute Gasteiger partial charge is 0.356 e. The first-order valence-corrected chi connectivity index (χ1v) is 6.67. The second-order valence-electron chi connectivity index (χ2n) is 4.37. The van der Waals surface area contributed by atoms with E-state index >= 15 is 0 Å². The van der Waals surface area contributed by atoms with Gasteiger partial charge in [0, 0.05) is 18.3 Å². The quantitative estimate of drug-likeness (QED) is 0.758. The number of carbonyl (C=O) groups is 1. The van der Waals surface area contributed by atoms with Gasteiger partial charge in [-0.1, -0.05) is 35.7 Å². The SMILES string of the molecule is CCCC(=O)NCC1(CBr)CCCC1. The summed E-state index contributed by atoms with van der Waals surface area (Å²) in [7, 11) is 0. The Kier molecular flexibility index (Phi) is 4.93. The van der Waals surface area contributed by atoms with Crippen LogP contribution in [0, 0.1) is 5.41 Å².